The molecule has 0 aromatic heterocycles. The van der Waals surface area contributed by atoms with Gasteiger partial charge in [-0.2, -0.15) is 13.2 Å². The average Bonchev–Trinajstić information content (AvgIpc) is 3.29. The van der Waals surface area contributed by atoms with E-state index in [2.05, 4.69) is 4.90 Å². The molecule has 4 rings (SSSR count). The molecule has 3 aromatic carbocycles. The lowest BCUT2D eigenvalue weighted by Crippen LogP contribution is -2.42. The van der Waals surface area contributed by atoms with E-state index in [9.17, 15) is 22.4 Å². The van der Waals surface area contributed by atoms with Crippen LogP contribution >= 0.6 is 0 Å². The number of likely N-dealkylation sites (tertiary alicyclic amines) is 1. The van der Waals surface area contributed by atoms with Crippen LogP contribution in [0, 0.1) is 11.7 Å². The number of methoxy groups -OCH3 is 1. The number of nitrogens with zero attached hydrogens (tertiary/aromatic N) is 2. The molecule has 1 aliphatic heterocycles. The van der Waals surface area contributed by atoms with E-state index in [1.165, 1.54) is 36.4 Å². The van der Waals surface area contributed by atoms with E-state index >= 15 is 0 Å². The van der Waals surface area contributed by atoms with Crippen molar-refractivity contribution in [2.75, 3.05) is 26.7 Å². The van der Waals surface area contributed by atoms with Crippen molar-refractivity contribution in [2.45, 2.75) is 38.5 Å². The maximum Gasteiger partial charge on any atom is 0.416 e. The van der Waals surface area contributed by atoms with Crippen LogP contribution in [0.2, 0.25) is 0 Å². The first-order valence-electron chi connectivity index (χ1n) is 12.6. The van der Waals surface area contributed by atoms with E-state index in [4.69, 9.17) is 4.74 Å². The molecule has 1 heterocycles. The molecular formula is C30H32F4N2O2. The number of ether oxygens (including phenoxy) is 1. The minimum Gasteiger partial charge on any atom is -0.496 e. The third kappa shape index (κ3) is 6.35. The Hall–Kier alpha value is -3.39. The van der Waals surface area contributed by atoms with Gasteiger partial charge in [-0.3, -0.25) is 9.69 Å². The first-order valence-corrected chi connectivity index (χ1v) is 12.6. The van der Waals surface area contributed by atoms with Crippen LogP contribution in [0.25, 0.3) is 0 Å². The second kappa shape index (κ2) is 11.6. The Morgan fingerprint density at radius 2 is 1.74 bits per heavy atom. The first-order chi connectivity index (χ1) is 18.1. The predicted molar refractivity (Wildman–Crippen MR) is 139 cm³/mol. The molecule has 0 bridgehead atoms. The van der Waals surface area contributed by atoms with Gasteiger partial charge in [0.05, 0.1) is 12.7 Å². The number of benzene rings is 3. The van der Waals surface area contributed by atoms with Crippen molar-refractivity contribution in [1.29, 1.82) is 0 Å². The monoisotopic (exact) mass is 528 g/mol. The number of carbonyl (C=O) groups is 1. The Balaban J connectivity index is 1.64. The zero-order valence-electron chi connectivity index (χ0n) is 21.7. The highest BCUT2D eigenvalue weighted by Gasteiger charge is 2.38. The molecule has 0 saturated carbocycles. The van der Waals surface area contributed by atoms with Gasteiger partial charge in [0.1, 0.15) is 11.6 Å². The van der Waals surface area contributed by atoms with Crippen LogP contribution in [0.5, 0.6) is 5.75 Å². The summed E-state index contributed by atoms with van der Waals surface area (Å²) in [4.78, 5) is 17.3. The number of para-hydroxylation sites is 1. The smallest absolute Gasteiger partial charge is 0.416 e. The summed E-state index contributed by atoms with van der Waals surface area (Å²) in [7, 11) is 1.61. The lowest BCUT2D eigenvalue weighted by molar-refractivity contribution is -0.137. The zero-order chi connectivity index (χ0) is 27.4. The maximum atomic E-state index is 13.5. The SMILES string of the molecule is COc1ccccc1CN1C[C@@H](CN(C(=O)c2ccc(F)cc2)C(C)C)[C@H](c2cccc(C(F)(F)F)c2)C1. The van der Waals surface area contributed by atoms with Crippen molar-refractivity contribution in [2.24, 2.45) is 5.92 Å². The van der Waals surface area contributed by atoms with Gasteiger partial charge in [0.15, 0.2) is 0 Å². The van der Waals surface area contributed by atoms with Gasteiger partial charge in [0.2, 0.25) is 0 Å². The minimum absolute atomic E-state index is 0.111. The highest BCUT2D eigenvalue weighted by Crippen LogP contribution is 2.38. The number of amides is 1. The molecule has 2 atom stereocenters. The maximum absolute atomic E-state index is 13.5. The second-order valence-corrected chi connectivity index (χ2v) is 10.1. The van der Waals surface area contributed by atoms with Crippen molar-refractivity contribution in [3.8, 4) is 5.75 Å². The standard InChI is InChI=1S/C30H32F4N2O2/c1-20(2)36(29(37)21-11-13-26(31)14-12-21)18-24-17-35(16-23-7-4-5-10-28(23)38-3)19-27(24)22-8-6-9-25(15-22)30(32,33)34/h4-15,20,24,27H,16-19H2,1-3H3/t24-,27-/m0/s1. The van der Waals surface area contributed by atoms with Gasteiger partial charge < -0.3 is 9.64 Å². The molecule has 1 aliphatic rings. The Morgan fingerprint density at radius 3 is 2.39 bits per heavy atom. The van der Waals surface area contributed by atoms with E-state index in [1.807, 2.05) is 38.1 Å². The van der Waals surface area contributed by atoms with Crippen molar-refractivity contribution in [1.82, 2.24) is 9.80 Å². The van der Waals surface area contributed by atoms with Crippen molar-refractivity contribution in [3.63, 3.8) is 0 Å². The fraction of sp³-hybridized carbons (Fsp3) is 0.367. The molecule has 0 N–H and O–H groups in total. The average molecular weight is 529 g/mol. The summed E-state index contributed by atoms with van der Waals surface area (Å²) in [5, 5.41) is 0. The molecule has 38 heavy (non-hydrogen) atoms. The summed E-state index contributed by atoms with van der Waals surface area (Å²) in [6, 6.07) is 18.4. The third-order valence-corrected chi connectivity index (χ3v) is 7.15. The summed E-state index contributed by atoms with van der Waals surface area (Å²) >= 11 is 0. The number of hydrogen-bond donors (Lipinski definition) is 0. The van der Waals surface area contributed by atoms with E-state index in [1.54, 1.807) is 18.1 Å². The van der Waals surface area contributed by atoms with Crippen LogP contribution in [0.4, 0.5) is 17.6 Å². The minimum atomic E-state index is -4.44. The number of rotatable bonds is 8. The van der Waals surface area contributed by atoms with E-state index < -0.39 is 17.6 Å². The molecule has 0 unspecified atom stereocenters. The van der Waals surface area contributed by atoms with Gasteiger partial charge in [-0.1, -0.05) is 36.4 Å². The van der Waals surface area contributed by atoms with Crippen LogP contribution in [0.15, 0.2) is 72.8 Å². The van der Waals surface area contributed by atoms with Gasteiger partial charge in [-0.05, 0) is 61.7 Å². The summed E-state index contributed by atoms with van der Waals surface area (Å²) in [5.74, 6) is -0.230. The molecule has 1 saturated heterocycles. The molecule has 1 amide bonds. The summed E-state index contributed by atoms with van der Waals surface area (Å²) in [6.07, 6.45) is -4.44. The summed E-state index contributed by atoms with van der Waals surface area (Å²) in [6.45, 7) is 5.88. The molecule has 0 spiro atoms. The van der Waals surface area contributed by atoms with Crippen molar-refractivity contribution >= 4 is 5.91 Å². The largest absolute Gasteiger partial charge is 0.496 e. The lowest BCUT2D eigenvalue weighted by atomic mass is 9.87. The molecular weight excluding hydrogens is 496 g/mol. The molecule has 1 fully saturated rings. The summed E-state index contributed by atoms with van der Waals surface area (Å²) in [5.41, 5.74) is 1.28. The van der Waals surface area contributed by atoms with Crippen LogP contribution in [0.3, 0.4) is 0 Å². The van der Waals surface area contributed by atoms with Gasteiger partial charge in [0.25, 0.3) is 5.91 Å². The van der Waals surface area contributed by atoms with Gasteiger partial charge in [-0.25, -0.2) is 4.39 Å². The molecule has 8 heteroatoms. The molecule has 0 radical (unpaired) electrons. The Bertz CT molecular complexity index is 1240. The highest BCUT2D eigenvalue weighted by atomic mass is 19.4. The van der Waals surface area contributed by atoms with Gasteiger partial charge in [0, 0.05) is 49.3 Å². The van der Waals surface area contributed by atoms with Gasteiger partial charge in [-0.15, -0.1) is 0 Å². The number of hydrogen-bond acceptors (Lipinski definition) is 3. The zero-order valence-corrected chi connectivity index (χ0v) is 21.7. The van der Waals surface area contributed by atoms with Gasteiger partial charge >= 0.3 is 6.18 Å². The summed E-state index contributed by atoms with van der Waals surface area (Å²) < 4.78 is 59.6. The van der Waals surface area contributed by atoms with Crippen LogP contribution in [0.1, 0.15) is 46.8 Å². The quantitative estimate of drug-likeness (QED) is 0.308. The Kier molecular flexibility index (Phi) is 8.41. The fourth-order valence-corrected chi connectivity index (χ4v) is 5.21. The van der Waals surface area contributed by atoms with E-state index in [-0.39, 0.29) is 23.8 Å². The Labute approximate surface area is 220 Å². The first kappa shape index (κ1) is 27.6. The van der Waals surface area contributed by atoms with Crippen LogP contribution in [-0.2, 0) is 12.7 Å². The number of carbonyl (C=O) groups excluding carboxylic acids is 1. The normalized spacial score (nSPS) is 18.1. The molecule has 4 nitrogen and oxygen atoms in total. The molecule has 202 valence electrons. The van der Waals surface area contributed by atoms with Crippen LogP contribution < -0.4 is 4.74 Å². The van der Waals surface area contributed by atoms with Crippen molar-refractivity contribution in [3.05, 3.63) is 101 Å². The second-order valence-electron chi connectivity index (χ2n) is 10.1. The third-order valence-electron chi connectivity index (χ3n) is 7.15. The highest BCUT2D eigenvalue weighted by molar-refractivity contribution is 5.94. The number of halogens is 4. The predicted octanol–water partition coefficient (Wildman–Crippen LogP) is 6.62. The lowest BCUT2D eigenvalue weighted by Gasteiger charge is -2.32. The fourth-order valence-electron chi connectivity index (χ4n) is 5.21. The number of alkyl halides is 3. The molecule has 3 aromatic rings. The van der Waals surface area contributed by atoms with Crippen molar-refractivity contribution < 1.29 is 27.1 Å². The Morgan fingerprint density at radius 1 is 1.03 bits per heavy atom. The molecule has 0 aliphatic carbocycles. The van der Waals surface area contributed by atoms with E-state index in [0.29, 0.717) is 37.3 Å². The topological polar surface area (TPSA) is 32.8 Å². The van der Waals surface area contributed by atoms with E-state index in [0.717, 1.165) is 17.4 Å². The van der Waals surface area contributed by atoms with Crippen LogP contribution in [-0.4, -0.2) is 48.5 Å².